The first kappa shape index (κ1) is 23.2. The van der Waals surface area contributed by atoms with E-state index < -0.39 is 0 Å². The smallest absolute Gasteiger partial charge is 0.126 e. The van der Waals surface area contributed by atoms with Gasteiger partial charge in [-0.25, -0.2) is 9.97 Å². The summed E-state index contributed by atoms with van der Waals surface area (Å²) >= 11 is 1.52. The van der Waals surface area contributed by atoms with E-state index in [0.29, 0.717) is 5.56 Å². The number of H-pyrrole nitrogens is 1. The number of hydrogen-bond acceptors (Lipinski definition) is 7. The minimum Gasteiger partial charge on any atom is -0.361 e. The zero-order chi connectivity index (χ0) is 25.2. The van der Waals surface area contributed by atoms with Gasteiger partial charge in [-0.2, -0.15) is 5.26 Å². The van der Waals surface area contributed by atoms with Crippen LogP contribution < -0.4 is 5.32 Å². The summed E-state index contributed by atoms with van der Waals surface area (Å²) in [6, 6.07) is 18.4. The van der Waals surface area contributed by atoms with Crippen molar-refractivity contribution in [2.24, 2.45) is 0 Å². The van der Waals surface area contributed by atoms with Gasteiger partial charge < -0.3 is 15.2 Å². The summed E-state index contributed by atoms with van der Waals surface area (Å²) in [7, 11) is 2.16. The molecule has 1 fully saturated rings. The average Bonchev–Trinajstić information content (AvgIpc) is 3.56. The summed E-state index contributed by atoms with van der Waals surface area (Å²) in [5, 5.41) is 15.2. The highest BCUT2D eigenvalue weighted by atomic mass is 32.1. The quantitative estimate of drug-likeness (QED) is 0.338. The molecule has 0 bridgehead atoms. The molecule has 6 rings (SSSR count). The zero-order valence-corrected chi connectivity index (χ0v) is 21.3. The second kappa shape index (κ2) is 10.0. The van der Waals surface area contributed by atoms with Crippen molar-refractivity contribution < 1.29 is 0 Å². The van der Waals surface area contributed by atoms with Crippen LogP contribution in [-0.2, 0) is 6.54 Å². The van der Waals surface area contributed by atoms with E-state index in [9.17, 15) is 5.26 Å². The fourth-order valence-corrected chi connectivity index (χ4v) is 5.41. The summed E-state index contributed by atoms with van der Waals surface area (Å²) < 4.78 is 0. The fourth-order valence-electron chi connectivity index (χ4n) is 4.54. The summed E-state index contributed by atoms with van der Waals surface area (Å²) in [5.41, 5.74) is 5.03. The Morgan fingerprint density at radius 3 is 2.84 bits per heavy atom. The van der Waals surface area contributed by atoms with Crippen LogP contribution in [0.25, 0.3) is 21.1 Å². The van der Waals surface area contributed by atoms with Crippen LogP contribution in [0, 0.1) is 23.2 Å². The third-order valence-electron chi connectivity index (χ3n) is 6.61. The number of benzene rings is 1. The Balaban J connectivity index is 1.26. The van der Waals surface area contributed by atoms with Crippen LogP contribution in [0.2, 0.25) is 0 Å². The number of nitrogens with zero attached hydrogens (tertiary/aromatic N) is 5. The summed E-state index contributed by atoms with van der Waals surface area (Å²) in [5.74, 6) is 6.49. The van der Waals surface area contributed by atoms with E-state index in [1.165, 1.54) is 11.3 Å². The van der Waals surface area contributed by atoms with Gasteiger partial charge in [-0.1, -0.05) is 6.07 Å². The number of thiophene rings is 1. The molecule has 182 valence electrons. The molecule has 5 heterocycles. The molecule has 8 heteroatoms. The minimum absolute atomic E-state index is 0.497. The number of nitrogens with one attached hydrogen (secondary N) is 2. The lowest BCUT2D eigenvalue weighted by atomic mass is 10.1. The molecule has 0 aliphatic carbocycles. The average molecular weight is 504 g/mol. The van der Waals surface area contributed by atoms with Gasteiger partial charge in [0.15, 0.2) is 0 Å². The number of likely N-dealkylation sites (N-methyl/N-ethyl adjacent to an activating group) is 1. The Morgan fingerprint density at radius 1 is 1.08 bits per heavy atom. The summed E-state index contributed by atoms with van der Waals surface area (Å²) in [6.45, 7) is 5.14. The van der Waals surface area contributed by atoms with Crippen molar-refractivity contribution in [3.8, 4) is 17.9 Å². The maximum atomic E-state index is 9.74. The number of anilines is 2. The van der Waals surface area contributed by atoms with E-state index >= 15 is 0 Å². The lowest BCUT2D eigenvalue weighted by Crippen LogP contribution is -2.44. The van der Waals surface area contributed by atoms with Crippen molar-refractivity contribution >= 4 is 43.8 Å². The van der Waals surface area contributed by atoms with Crippen molar-refractivity contribution in [3.63, 3.8) is 0 Å². The van der Waals surface area contributed by atoms with Crippen LogP contribution in [0.3, 0.4) is 0 Å². The predicted molar refractivity (Wildman–Crippen MR) is 149 cm³/mol. The van der Waals surface area contributed by atoms with Crippen molar-refractivity contribution in [2.45, 2.75) is 6.54 Å². The van der Waals surface area contributed by atoms with Crippen molar-refractivity contribution in [2.75, 3.05) is 38.5 Å². The van der Waals surface area contributed by atoms with E-state index in [4.69, 9.17) is 4.98 Å². The third kappa shape index (κ3) is 5.04. The van der Waals surface area contributed by atoms with Gasteiger partial charge in [0.2, 0.25) is 0 Å². The molecule has 1 aliphatic heterocycles. The Bertz CT molecular complexity index is 1690. The van der Waals surface area contributed by atoms with E-state index in [-0.39, 0.29) is 0 Å². The van der Waals surface area contributed by atoms with E-state index in [2.05, 4.69) is 62.2 Å². The number of nitriles is 1. The van der Waals surface area contributed by atoms with Crippen LogP contribution in [0.15, 0.2) is 60.9 Å². The molecule has 0 atom stereocenters. The van der Waals surface area contributed by atoms with Crippen molar-refractivity contribution in [3.05, 3.63) is 82.8 Å². The van der Waals surface area contributed by atoms with E-state index in [0.717, 1.165) is 81.5 Å². The molecule has 1 saturated heterocycles. The number of pyridine rings is 2. The van der Waals surface area contributed by atoms with Crippen LogP contribution in [0.5, 0.6) is 0 Å². The molecule has 1 aromatic carbocycles. The molecule has 0 radical (unpaired) electrons. The highest BCUT2D eigenvalue weighted by Gasteiger charge is 2.15. The van der Waals surface area contributed by atoms with Gasteiger partial charge in [0.05, 0.1) is 21.8 Å². The SMILES string of the molecule is CN1CCN(Cc2cccc(C#Cc3cc4c(Nc5ccc6[nH]ccc6c5)c(C#N)cnc4s3)n2)CC1. The predicted octanol–water partition coefficient (Wildman–Crippen LogP) is 4.94. The molecule has 1 aliphatic rings. The molecular weight excluding hydrogens is 478 g/mol. The molecule has 0 unspecified atom stereocenters. The van der Waals surface area contributed by atoms with Gasteiger partial charge >= 0.3 is 0 Å². The molecule has 0 saturated carbocycles. The first-order chi connectivity index (χ1) is 18.1. The molecule has 0 amide bonds. The number of aromatic amines is 1. The number of rotatable bonds is 4. The first-order valence-electron chi connectivity index (χ1n) is 12.2. The van der Waals surface area contributed by atoms with Gasteiger partial charge in [0.1, 0.15) is 16.6 Å². The summed E-state index contributed by atoms with van der Waals surface area (Å²) in [4.78, 5) is 19.0. The number of piperazine rings is 1. The normalized spacial score (nSPS) is 14.4. The Morgan fingerprint density at radius 2 is 1.97 bits per heavy atom. The number of aromatic nitrogens is 3. The lowest BCUT2D eigenvalue weighted by molar-refractivity contribution is 0.147. The summed E-state index contributed by atoms with van der Waals surface area (Å²) in [6.07, 6.45) is 3.54. The fraction of sp³-hybridized carbons (Fsp3) is 0.207. The van der Waals surface area contributed by atoms with Gasteiger partial charge in [0.25, 0.3) is 0 Å². The van der Waals surface area contributed by atoms with Gasteiger partial charge in [-0.3, -0.25) is 4.90 Å². The Kier molecular flexibility index (Phi) is 6.30. The standard InChI is InChI=1S/C29H25N7S/c1-35-11-13-36(14-12-35)19-24-4-2-3-22(33-24)5-7-25-16-26-28(21(17-30)18-32-29(26)37-25)34-23-6-8-27-20(15-23)9-10-31-27/h2-4,6,8-10,15-16,18,31H,11-14,19H2,1H3,(H,32,34). The number of hydrogen-bond donors (Lipinski definition) is 2. The lowest BCUT2D eigenvalue weighted by Gasteiger charge is -2.32. The van der Waals surface area contributed by atoms with Crippen molar-refractivity contribution in [1.29, 1.82) is 5.26 Å². The van der Waals surface area contributed by atoms with Gasteiger partial charge in [-0.05, 0) is 61.4 Å². The second-order valence-electron chi connectivity index (χ2n) is 9.24. The molecule has 5 aromatic rings. The Labute approximate surface area is 219 Å². The minimum atomic E-state index is 0.497. The number of fused-ring (bicyclic) bond motifs is 2. The highest BCUT2D eigenvalue weighted by molar-refractivity contribution is 7.19. The molecule has 7 nitrogen and oxygen atoms in total. The van der Waals surface area contributed by atoms with E-state index in [1.54, 1.807) is 6.20 Å². The highest BCUT2D eigenvalue weighted by Crippen LogP contribution is 2.34. The largest absolute Gasteiger partial charge is 0.361 e. The molecule has 37 heavy (non-hydrogen) atoms. The van der Waals surface area contributed by atoms with E-state index in [1.807, 2.05) is 42.6 Å². The van der Waals surface area contributed by atoms with Gasteiger partial charge in [-0.15, -0.1) is 11.3 Å². The van der Waals surface area contributed by atoms with Crippen LogP contribution in [-0.4, -0.2) is 58.0 Å². The topological polar surface area (TPSA) is 83.9 Å². The second-order valence-corrected chi connectivity index (χ2v) is 10.3. The van der Waals surface area contributed by atoms with Crippen LogP contribution in [0.1, 0.15) is 21.8 Å². The maximum Gasteiger partial charge on any atom is 0.126 e. The molecular formula is C29H25N7S. The molecule has 0 spiro atoms. The van der Waals surface area contributed by atoms with Crippen LogP contribution >= 0.6 is 11.3 Å². The maximum absolute atomic E-state index is 9.74. The first-order valence-corrected chi connectivity index (χ1v) is 13.0. The third-order valence-corrected chi connectivity index (χ3v) is 7.57. The zero-order valence-electron chi connectivity index (χ0n) is 20.5. The Hall–Kier alpha value is -4.21. The van der Waals surface area contributed by atoms with Gasteiger partial charge in [0, 0.05) is 67.1 Å². The van der Waals surface area contributed by atoms with Crippen LogP contribution in [0.4, 0.5) is 11.4 Å². The molecule has 4 aromatic heterocycles. The molecule has 2 N–H and O–H groups in total. The monoisotopic (exact) mass is 503 g/mol. The van der Waals surface area contributed by atoms with Crippen molar-refractivity contribution in [1.82, 2.24) is 24.8 Å².